The fourth-order valence-electron chi connectivity index (χ4n) is 5.29. The fraction of sp³-hybridized carbons (Fsp3) is 0.355. The van der Waals surface area contributed by atoms with Crippen LogP contribution in [0.15, 0.2) is 60.7 Å². The van der Waals surface area contributed by atoms with Gasteiger partial charge < -0.3 is 20.1 Å². The van der Waals surface area contributed by atoms with Crippen molar-refractivity contribution >= 4 is 22.8 Å². The summed E-state index contributed by atoms with van der Waals surface area (Å²) in [5.41, 5.74) is 4.86. The number of para-hydroxylation sites is 1. The minimum absolute atomic E-state index is 0.0780. The summed E-state index contributed by atoms with van der Waals surface area (Å²) < 4.78 is 12.6. The molecule has 2 amide bonds. The standard InChI is InChI=1S/C31H35N5O4/c1-19-13-14-21(15-20(19)2)29(36-27-12-8-7-11-26(27)34-35-36)31(38)33-28(30(37)32-23-9-5-6-10-23)22-16-24(39-3)18-25(17-22)40-4/h7-8,11-18,23,28-29H,5-6,9-10H2,1-4H3,(H,32,37)(H,33,38). The number of rotatable bonds is 9. The molecule has 1 aliphatic rings. The summed E-state index contributed by atoms with van der Waals surface area (Å²) in [6.45, 7) is 4.03. The number of hydrogen-bond acceptors (Lipinski definition) is 6. The van der Waals surface area contributed by atoms with Crippen LogP contribution in [0.1, 0.15) is 60.0 Å². The van der Waals surface area contributed by atoms with E-state index in [9.17, 15) is 9.59 Å². The van der Waals surface area contributed by atoms with Crippen LogP contribution in [0.2, 0.25) is 0 Å². The van der Waals surface area contributed by atoms with Crippen molar-refractivity contribution in [1.29, 1.82) is 0 Å². The van der Waals surface area contributed by atoms with Gasteiger partial charge in [-0.1, -0.05) is 48.4 Å². The first-order chi connectivity index (χ1) is 19.4. The minimum atomic E-state index is -0.985. The fourth-order valence-corrected chi connectivity index (χ4v) is 5.29. The molecule has 40 heavy (non-hydrogen) atoms. The van der Waals surface area contributed by atoms with E-state index < -0.39 is 12.1 Å². The molecule has 4 aromatic rings. The van der Waals surface area contributed by atoms with Gasteiger partial charge in [0.1, 0.15) is 23.1 Å². The highest BCUT2D eigenvalue weighted by Gasteiger charge is 2.32. The molecular formula is C31H35N5O4. The highest BCUT2D eigenvalue weighted by molar-refractivity contribution is 5.92. The third-order valence-corrected chi connectivity index (χ3v) is 7.67. The number of fused-ring (bicyclic) bond motifs is 1. The van der Waals surface area contributed by atoms with E-state index in [-0.39, 0.29) is 17.9 Å². The molecule has 1 saturated carbocycles. The first kappa shape index (κ1) is 27.2. The zero-order chi connectivity index (χ0) is 28.2. The number of hydrogen-bond donors (Lipinski definition) is 2. The van der Waals surface area contributed by atoms with Crippen LogP contribution < -0.4 is 20.1 Å². The molecular weight excluding hydrogens is 506 g/mol. The van der Waals surface area contributed by atoms with E-state index in [1.165, 1.54) is 0 Å². The van der Waals surface area contributed by atoms with Crippen LogP contribution in [0.4, 0.5) is 0 Å². The Bertz CT molecular complexity index is 1500. The van der Waals surface area contributed by atoms with Gasteiger partial charge in [0.15, 0.2) is 6.04 Å². The largest absolute Gasteiger partial charge is 0.497 e. The molecule has 1 heterocycles. The van der Waals surface area contributed by atoms with Crippen molar-refractivity contribution in [3.05, 3.63) is 82.9 Å². The molecule has 2 N–H and O–H groups in total. The van der Waals surface area contributed by atoms with Crippen LogP contribution in [0.25, 0.3) is 11.0 Å². The van der Waals surface area contributed by atoms with Crippen molar-refractivity contribution in [3.63, 3.8) is 0 Å². The van der Waals surface area contributed by atoms with E-state index in [0.29, 0.717) is 22.6 Å². The number of nitrogens with zero attached hydrogens (tertiary/aromatic N) is 3. The highest BCUT2D eigenvalue weighted by Crippen LogP contribution is 2.30. The third kappa shape index (κ3) is 5.64. The Morgan fingerprint density at radius 1 is 0.875 bits per heavy atom. The Morgan fingerprint density at radius 3 is 2.25 bits per heavy atom. The molecule has 208 valence electrons. The molecule has 0 radical (unpaired) electrons. The average molecular weight is 542 g/mol. The molecule has 5 rings (SSSR count). The molecule has 1 aromatic heterocycles. The predicted molar refractivity (Wildman–Crippen MR) is 152 cm³/mol. The summed E-state index contributed by atoms with van der Waals surface area (Å²) in [6, 6.07) is 16.9. The van der Waals surface area contributed by atoms with Crippen molar-refractivity contribution < 1.29 is 19.1 Å². The number of carbonyl (C=O) groups is 2. The summed E-state index contributed by atoms with van der Waals surface area (Å²) in [5.74, 6) is 0.385. The maximum absolute atomic E-state index is 14.3. The lowest BCUT2D eigenvalue weighted by atomic mass is 9.99. The highest BCUT2D eigenvalue weighted by atomic mass is 16.5. The number of ether oxygens (including phenoxy) is 2. The van der Waals surface area contributed by atoms with Gasteiger partial charge in [0.25, 0.3) is 0 Å². The predicted octanol–water partition coefficient (Wildman–Crippen LogP) is 4.57. The molecule has 3 aromatic carbocycles. The topological polar surface area (TPSA) is 107 Å². The summed E-state index contributed by atoms with van der Waals surface area (Å²) in [6.07, 6.45) is 3.99. The van der Waals surface area contributed by atoms with Crippen LogP contribution in [-0.4, -0.2) is 47.1 Å². The minimum Gasteiger partial charge on any atom is -0.497 e. The molecule has 0 bridgehead atoms. The van der Waals surface area contributed by atoms with Crippen LogP contribution in [0.3, 0.4) is 0 Å². The Balaban J connectivity index is 1.57. The van der Waals surface area contributed by atoms with E-state index >= 15 is 0 Å². The van der Waals surface area contributed by atoms with E-state index in [1.54, 1.807) is 37.1 Å². The zero-order valence-electron chi connectivity index (χ0n) is 23.3. The van der Waals surface area contributed by atoms with Crippen molar-refractivity contribution in [1.82, 2.24) is 25.6 Å². The van der Waals surface area contributed by atoms with Crippen molar-refractivity contribution in [2.75, 3.05) is 14.2 Å². The molecule has 2 atom stereocenters. The lowest BCUT2D eigenvalue weighted by Crippen LogP contribution is -2.45. The Kier molecular flexibility index (Phi) is 8.00. The van der Waals surface area contributed by atoms with Gasteiger partial charge in [0.05, 0.1) is 19.7 Å². The number of carbonyl (C=O) groups excluding carboxylic acids is 2. The van der Waals surface area contributed by atoms with Crippen LogP contribution >= 0.6 is 0 Å². The number of aromatic nitrogens is 3. The van der Waals surface area contributed by atoms with Gasteiger partial charge >= 0.3 is 0 Å². The second-order valence-corrected chi connectivity index (χ2v) is 10.3. The number of benzene rings is 3. The smallest absolute Gasteiger partial charge is 0.250 e. The Hall–Kier alpha value is -4.40. The Morgan fingerprint density at radius 2 is 1.57 bits per heavy atom. The van der Waals surface area contributed by atoms with Crippen LogP contribution in [-0.2, 0) is 9.59 Å². The first-order valence-electron chi connectivity index (χ1n) is 13.6. The molecule has 0 aliphatic heterocycles. The second kappa shape index (κ2) is 11.8. The van der Waals surface area contributed by atoms with Gasteiger partial charge in [-0.2, -0.15) is 0 Å². The van der Waals surface area contributed by atoms with Gasteiger partial charge in [-0.25, -0.2) is 4.68 Å². The van der Waals surface area contributed by atoms with Crippen molar-refractivity contribution in [2.24, 2.45) is 0 Å². The average Bonchev–Trinajstić information content (AvgIpc) is 3.63. The van der Waals surface area contributed by atoms with E-state index in [2.05, 4.69) is 20.9 Å². The van der Waals surface area contributed by atoms with Gasteiger partial charge in [-0.15, -0.1) is 5.10 Å². The number of nitrogens with one attached hydrogen (secondary N) is 2. The Labute approximate surface area is 233 Å². The van der Waals surface area contributed by atoms with Crippen LogP contribution in [0, 0.1) is 13.8 Å². The lowest BCUT2D eigenvalue weighted by Gasteiger charge is -2.25. The van der Waals surface area contributed by atoms with E-state index in [4.69, 9.17) is 9.47 Å². The van der Waals surface area contributed by atoms with E-state index in [0.717, 1.165) is 47.9 Å². The monoisotopic (exact) mass is 541 g/mol. The normalized spacial score (nSPS) is 15.0. The summed E-state index contributed by atoms with van der Waals surface area (Å²) in [5, 5.41) is 14.9. The zero-order valence-corrected chi connectivity index (χ0v) is 23.3. The van der Waals surface area contributed by atoms with Gasteiger partial charge in [-0.3, -0.25) is 9.59 Å². The molecule has 0 saturated heterocycles. The second-order valence-electron chi connectivity index (χ2n) is 10.3. The maximum atomic E-state index is 14.3. The first-order valence-corrected chi connectivity index (χ1v) is 13.6. The van der Waals surface area contributed by atoms with Crippen molar-refractivity contribution in [2.45, 2.75) is 57.7 Å². The quantitative estimate of drug-likeness (QED) is 0.321. The molecule has 1 fully saturated rings. The molecule has 1 aliphatic carbocycles. The van der Waals surface area contributed by atoms with Crippen molar-refractivity contribution in [3.8, 4) is 11.5 Å². The molecule has 9 nitrogen and oxygen atoms in total. The van der Waals surface area contributed by atoms with Gasteiger partial charge in [0.2, 0.25) is 11.8 Å². The summed E-state index contributed by atoms with van der Waals surface area (Å²) in [7, 11) is 3.10. The summed E-state index contributed by atoms with van der Waals surface area (Å²) in [4.78, 5) is 28.0. The van der Waals surface area contributed by atoms with Gasteiger partial charge in [-0.05, 0) is 73.2 Å². The molecule has 2 unspecified atom stereocenters. The number of amides is 2. The summed E-state index contributed by atoms with van der Waals surface area (Å²) >= 11 is 0. The van der Waals surface area contributed by atoms with E-state index in [1.807, 2.05) is 56.3 Å². The number of methoxy groups -OCH3 is 2. The number of aryl methyl sites for hydroxylation is 2. The lowest BCUT2D eigenvalue weighted by molar-refractivity contribution is -0.130. The third-order valence-electron chi connectivity index (χ3n) is 7.67. The van der Waals surface area contributed by atoms with Crippen LogP contribution in [0.5, 0.6) is 11.5 Å². The maximum Gasteiger partial charge on any atom is 0.250 e. The molecule has 0 spiro atoms. The molecule has 9 heteroatoms. The van der Waals surface area contributed by atoms with Gasteiger partial charge in [0, 0.05) is 12.1 Å². The SMILES string of the molecule is COc1cc(OC)cc(C(NC(=O)C(c2ccc(C)c(C)c2)n2nnc3ccccc32)C(=O)NC2CCCC2)c1.